The van der Waals surface area contributed by atoms with Gasteiger partial charge in [-0.3, -0.25) is 4.79 Å². The molecule has 1 aromatic carbocycles. The van der Waals surface area contributed by atoms with Crippen LogP contribution in [0.4, 0.5) is 5.95 Å². The van der Waals surface area contributed by atoms with Crippen molar-refractivity contribution in [2.45, 2.75) is 40.7 Å². The number of hydrogen-bond acceptors (Lipinski definition) is 10. The van der Waals surface area contributed by atoms with Crippen molar-refractivity contribution >= 4 is 11.9 Å². The molecule has 11 heteroatoms. The van der Waals surface area contributed by atoms with Crippen molar-refractivity contribution in [2.24, 2.45) is 5.92 Å². The molecule has 0 bridgehead atoms. The van der Waals surface area contributed by atoms with E-state index >= 15 is 0 Å². The Morgan fingerprint density at radius 2 is 1.80 bits per heavy atom. The van der Waals surface area contributed by atoms with E-state index in [9.17, 15) is 9.90 Å². The zero-order chi connectivity index (χ0) is 25.5. The number of nitrogens with zero attached hydrogens (tertiary/aromatic N) is 4. The molecule has 0 aliphatic heterocycles. The van der Waals surface area contributed by atoms with E-state index in [1.165, 1.54) is 0 Å². The largest absolute Gasteiger partial charge is 0.490 e. The maximum Gasteiger partial charge on any atom is 0.277 e. The van der Waals surface area contributed by atoms with Gasteiger partial charge in [0.15, 0.2) is 0 Å². The Balaban J connectivity index is 1.73. The van der Waals surface area contributed by atoms with Gasteiger partial charge in [-0.15, -0.1) is 0 Å². The van der Waals surface area contributed by atoms with E-state index in [0.29, 0.717) is 35.0 Å². The molecule has 0 fully saturated rings. The minimum atomic E-state index is -0.917. The molecule has 1 atom stereocenters. The number of aryl methyl sites for hydroxylation is 3. The predicted molar refractivity (Wildman–Crippen MR) is 130 cm³/mol. The van der Waals surface area contributed by atoms with Crippen LogP contribution >= 0.6 is 0 Å². The van der Waals surface area contributed by atoms with E-state index in [1.807, 2.05) is 32.9 Å². The second kappa shape index (κ2) is 11.7. The molecule has 3 aromatic rings. The molecule has 2 aromatic heterocycles. The van der Waals surface area contributed by atoms with Crippen molar-refractivity contribution in [3.05, 3.63) is 35.0 Å². The van der Waals surface area contributed by atoms with Crippen LogP contribution in [0.5, 0.6) is 5.75 Å². The van der Waals surface area contributed by atoms with Crippen LogP contribution in [-0.4, -0.2) is 68.6 Å². The van der Waals surface area contributed by atoms with Crippen LogP contribution in [0.15, 0.2) is 22.7 Å². The highest BCUT2D eigenvalue weighted by molar-refractivity contribution is 5.76. The van der Waals surface area contributed by atoms with Gasteiger partial charge in [0.25, 0.3) is 5.89 Å². The van der Waals surface area contributed by atoms with E-state index < -0.39 is 18.6 Å². The minimum Gasteiger partial charge on any atom is -0.490 e. The predicted octanol–water partition coefficient (Wildman–Crippen LogP) is 2.03. The Labute approximate surface area is 204 Å². The van der Waals surface area contributed by atoms with E-state index in [4.69, 9.17) is 14.4 Å². The van der Waals surface area contributed by atoms with E-state index in [2.05, 4.69) is 44.6 Å². The Bertz CT molecular complexity index is 1140. The third-order valence-electron chi connectivity index (χ3n) is 4.98. The molecule has 1 unspecified atom stereocenters. The van der Waals surface area contributed by atoms with Gasteiger partial charge in [-0.05, 0) is 56.0 Å². The number of nitrogens with one attached hydrogen (secondary N) is 2. The first kappa shape index (κ1) is 26.0. The van der Waals surface area contributed by atoms with Crippen LogP contribution < -0.4 is 15.4 Å². The number of anilines is 1. The summed E-state index contributed by atoms with van der Waals surface area (Å²) >= 11 is 0. The Hall–Kier alpha value is -3.57. The molecular formula is C24H32N6O5. The van der Waals surface area contributed by atoms with Crippen LogP contribution in [0.3, 0.4) is 0 Å². The summed E-state index contributed by atoms with van der Waals surface area (Å²) in [7, 11) is 0. The molecule has 35 heavy (non-hydrogen) atoms. The SMILES string of the molecule is Cc1cc(-c2nc(-c3cc(C)c(OCC(O)CNC(=O)CO)c(C)c3)no2)nc(NCC(C)C)n1. The highest BCUT2D eigenvalue weighted by Crippen LogP contribution is 2.30. The highest BCUT2D eigenvalue weighted by atomic mass is 16.5. The summed E-state index contributed by atoms with van der Waals surface area (Å²) < 4.78 is 11.3. The number of aliphatic hydroxyl groups is 2. The second-order valence-corrected chi connectivity index (χ2v) is 8.78. The fourth-order valence-corrected chi connectivity index (χ4v) is 3.33. The van der Waals surface area contributed by atoms with Gasteiger partial charge in [-0.1, -0.05) is 19.0 Å². The van der Waals surface area contributed by atoms with Crippen molar-refractivity contribution in [2.75, 3.05) is 31.6 Å². The van der Waals surface area contributed by atoms with Gasteiger partial charge in [-0.25, -0.2) is 9.97 Å². The molecule has 4 N–H and O–H groups in total. The third kappa shape index (κ3) is 7.20. The summed E-state index contributed by atoms with van der Waals surface area (Å²) in [6.07, 6.45) is -0.917. The van der Waals surface area contributed by atoms with Crippen molar-refractivity contribution in [1.82, 2.24) is 25.4 Å². The van der Waals surface area contributed by atoms with Crippen LogP contribution in [-0.2, 0) is 4.79 Å². The number of rotatable bonds is 11. The Kier molecular flexibility index (Phi) is 8.72. The lowest BCUT2D eigenvalue weighted by Crippen LogP contribution is -2.36. The normalized spacial score (nSPS) is 12.0. The molecule has 3 rings (SSSR count). The zero-order valence-corrected chi connectivity index (χ0v) is 20.6. The lowest BCUT2D eigenvalue weighted by Gasteiger charge is -2.16. The molecule has 0 aliphatic carbocycles. The molecule has 2 heterocycles. The summed E-state index contributed by atoms with van der Waals surface area (Å²) in [6.45, 7) is 9.95. The Morgan fingerprint density at radius 3 is 2.46 bits per heavy atom. The summed E-state index contributed by atoms with van der Waals surface area (Å²) in [4.78, 5) is 24.5. The van der Waals surface area contributed by atoms with Gasteiger partial charge < -0.3 is 30.1 Å². The van der Waals surface area contributed by atoms with Crippen LogP contribution in [0, 0.1) is 26.7 Å². The van der Waals surface area contributed by atoms with Crippen LogP contribution in [0.2, 0.25) is 0 Å². The number of benzene rings is 1. The number of aliphatic hydroxyl groups excluding tert-OH is 2. The quantitative estimate of drug-likeness (QED) is 0.318. The number of amides is 1. The van der Waals surface area contributed by atoms with Gasteiger partial charge in [0.1, 0.15) is 30.8 Å². The van der Waals surface area contributed by atoms with Gasteiger partial charge >= 0.3 is 0 Å². The van der Waals surface area contributed by atoms with Gasteiger partial charge in [0.05, 0.1) is 0 Å². The van der Waals surface area contributed by atoms with Crippen molar-refractivity contribution in [1.29, 1.82) is 0 Å². The smallest absolute Gasteiger partial charge is 0.277 e. The van der Waals surface area contributed by atoms with Crippen molar-refractivity contribution in [3.8, 4) is 28.7 Å². The summed E-state index contributed by atoms with van der Waals surface area (Å²) in [5.74, 6) is 1.74. The second-order valence-electron chi connectivity index (χ2n) is 8.78. The third-order valence-corrected chi connectivity index (χ3v) is 4.98. The number of ether oxygens (including phenoxy) is 1. The van der Waals surface area contributed by atoms with Gasteiger partial charge in [0, 0.05) is 24.3 Å². The molecule has 1 amide bonds. The minimum absolute atomic E-state index is 0.0145. The molecule has 188 valence electrons. The highest BCUT2D eigenvalue weighted by Gasteiger charge is 2.17. The topological polar surface area (TPSA) is 156 Å². The lowest BCUT2D eigenvalue weighted by molar-refractivity contribution is -0.124. The Morgan fingerprint density at radius 1 is 1.09 bits per heavy atom. The van der Waals surface area contributed by atoms with E-state index in [0.717, 1.165) is 28.9 Å². The maximum atomic E-state index is 11.1. The molecular weight excluding hydrogens is 452 g/mol. The summed E-state index contributed by atoms with van der Waals surface area (Å²) in [5.41, 5.74) is 3.74. The van der Waals surface area contributed by atoms with E-state index in [-0.39, 0.29) is 13.2 Å². The van der Waals surface area contributed by atoms with Crippen molar-refractivity contribution < 1.29 is 24.3 Å². The monoisotopic (exact) mass is 484 g/mol. The van der Waals surface area contributed by atoms with Crippen LogP contribution in [0.25, 0.3) is 23.0 Å². The van der Waals surface area contributed by atoms with Gasteiger partial charge in [-0.2, -0.15) is 4.98 Å². The number of aromatic nitrogens is 4. The summed E-state index contributed by atoms with van der Waals surface area (Å²) in [6, 6.07) is 5.54. The molecule has 0 radical (unpaired) electrons. The fourth-order valence-electron chi connectivity index (χ4n) is 3.33. The number of carbonyl (C=O) groups is 1. The number of carbonyl (C=O) groups excluding carboxylic acids is 1. The standard InChI is InChI=1S/C24H32N6O5/c1-13(2)9-26-24-27-16(5)8-19(28-24)23-29-22(30-35-23)17-6-14(3)21(15(4)7-17)34-12-18(32)10-25-20(33)11-31/h6-8,13,18,31-32H,9-12H2,1-5H3,(H,25,33)(H,26,27,28). The van der Waals surface area contributed by atoms with Crippen LogP contribution in [0.1, 0.15) is 30.7 Å². The van der Waals surface area contributed by atoms with E-state index in [1.54, 1.807) is 6.07 Å². The number of hydrogen-bond donors (Lipinski definition) is 4. The lowest BCUT2D eigenvalue weighted by atomic mass is 10.1. The molecule has 0 saturated heterocycles. The fraction of sp³-hybridized carbons (Fsp3) is 0.458. The maximum absolute atomic E-state index is 11.1. The average Bonchev–Trinajstić information content (AvgIpc) is 3.30. The average molecular weight is 485 g/mol. The molecule has 0 saturated carbocycles. The molecule has 0 aliphatic rings. The molecule has 11 nitrogen and oxygen atoms in total. The molecule has 0 spiro atoms. The summed E-state index contributed by atoms with van der Waals surface area (Å²) in [5, 5.41) is 28.5. The first-order chi connectivity index (χ1) is 16.7. The zero-order valence-electron chi connectivity index (χ0n) is 20.6. The first-order valence-corrected chi connectivity index (χ1v) is 11.4. The van der Waals surface area contributed by atoms with Gasteiger partial charge in [0.2, 0.25) is 17.7 Å². The van der Waals surface area contributed by atoms with Crippen molar-refractivity contribution in [3.63, 3.8) is 0 Å². The first-order valence-electron chi connectivity index (χ1n) is 11.4.